The van der Waals surface area contributed by atoms with Crippen molar-refractivity contribution in [2.24, 2.45) is 0 Å². The van der Waals surface area contributed by atoms with Gasteiger partial charge < -0.3 is 19.0 Å². The van der Waals surface area contributed by atoms with Crippen molar-refractivity contribution in [3.8, 4) is 0 Å². The van der Waals surface area contributed by atoms with Crippen molar-refractivity contribution in [2.75, 3.05) is 20.3 Å². The molecule has 0 aromatic heterocycles. The van der Waals surface area contributed by atoms with E-state index in [0.717, 1.165) is 0 Å². The van der Waals surface area contributed by atoms with Crippen LogP contribution < -0.4 is 0 Å². The Morgan fingerprint density at radius 2 is 1.79 bits per heavy atom. The van der Waals surface area contributed by atoms with Gasteiger partial charge in [0, 0.05) is 0 Å². The van der Waals surface area contributed by atoms with E-state index in [2.05, 4.69) is 38.6 Å². The molecule has 2 unspecified atom stereocenters. The number of aliphatic hydroxyl groups is 1. The zero-order valence-electron chi connectivity index (χ0n) is 13.1. The van der Waals surface area contributed by atoms with Gasteiger partial charge in [0.25, 0.3) is 0 Å². The molecular formula is C13H28O5Si. The second kappa shape index (κ2) is 7.38. The summed E-state index contributed by atoms with van der Waals surface area (Å²) < 4.78 is 15.8. The summed E-state index contributed by atoms with van der Waals surface area (Å²) in [4.78, 5) is 11.0. The fraction of sp³-hybridized carbons (Fsp3) is 0.923. The molecule has 0 heterocycles. The van der Waals surface area contributed by atoms with Gasteiger partial charge >= 0.3 is 5.97 Å². The third-order valence-corrected chi connectivity index (χ3v) is 8.00. The highest BCUT2D eigenvalue weighted by atomic mass is 28.4. The number of methoxy groups -OCH3 is 1. The lowest BCUT2D eigenvalue weighted by atomic mass is 10.2. The monoisotopic (exact) mass is 292 g/mol. The van der Waals surface area contributed by atoms with Crippen molar-refractivity contribution in [1.82, 2.24) is 0 Å². The van der Waals surface area contributed by atoms with Gasteiger partial charge in [0.15, 0.2) is 14.4 Å². The smallest absolute Gasteiger partial charge is 0.337 e. The van der Waals surface area contributed by atoms with E-state index in [0.29, 0.717) is 6.61 Å². The van der Waals surface area contributed by atoms with Gasteiger partial charge in [-0.1, -0.05) is 20.8 Å². The molecule has 2 atom stereocenters. The molecule has 0 saturated carbocycles. The second-order valence-corrected chi connectivity index (χ2v) is 11.1. The molecule has 1 N–H and O–H groups in total. The fourth-order valence-corrected chi connectivity index (χ4v) is 2.13. The van der Waals surface area contributed by atoms with E-state index in [4.69, 9.17) is 9.16 Å². The Hall–Kier alpha value is -0.433. The van der Waals surface area contributed by atoms with Crippen molar-refractivity contribution in [3.05, 3.63) is 0 Å². The Morgan fingerprint density at radius 1 is 1.26 bits per heavy atom. The summed E-state index contributed by atoms with van der Waals surface area (Å²) in [5, 5.41) is 9.54. The molecule has 0 aliphatic heterocycles. The lowest BCUT2D eigenvalue weighted by molar-refractivity contribution is -0.155. The van der Waals surface area contributed by atoms with Crippen molar-refractivity contribution >= 4 is 14.3 Å². The van der Waals surface area contributed by atoms with Gasteiger partial charge in [-0.3, -0.25) is 0 Å². The standard InChI is InChI=1S/C13H28O5Si/c1-10(17-9-11(14)12(15)16-5)8-18-19(6,7)13(2,3)4/h10-11,14H,8-9H2,1-7H3. The fourth-order valence-electron chi connectivity index (χ4n) is 1.05. The first-order valence-electron chi connectivity index (χ1n) is 6.52. The number of hydrogen-bond donors (Lipinski definition) is 1. The van der Waals surface area contributed by atoms with Crippen LogP contribution in [-0.4, -0.2) is 51.9 Å². The summed E-state index contributed by atoms with van der Waals surface area (Å²) in [6.07, 6.45) is -1.41. The molecule has 0 fully saturated rings. The Bertz CT molecular complexity index is 285. The SMILES string of the molecule is COC(=O)C(O)COC(C)CO[Si](C)(C)C(C)(C)C. The van der Waals surface area contributed by atoms with Gasteiger partial charge in [-0.2, -0.15) is 0 Å². The largest absolute Gasteiger partial charge is 0.467 e. The normalized spacial score (nSPS) is 16.0. The molecular weight excluding hydrogens is 264 g/mol. The quantitative estimate of drug-likeness (QED) is 0.574. The molecule has 114 valence electrons. The average Bonchev–Trinajstić information content (AvgIpc) is 2.30. The average molecular weight is 292 g/mol. The van der Waals surface area contributed by atoms with Crippen LogP contribution in [0.15, 0.2) is 0 Å². The van der Waals surface area contributed by atoms with Crippen LogP contribution in [0.4, 0.5) is 0 Å². The molecule has 0 rings (SSSR count). The molecule has 6 heteroatoms. The molecule has 0 aromatic carbocycles. The zero-order chi connectivity index (χ0) is 15.3. The minimum Gasteiger partial charge on any atom is -0.467 e. The van der Waals surface area contributed by atoms with E-state index in [1.165, 1.54) is 7.11 Å². The van der Waals surface area contributed by atoms with Crippen LogP contribution in [0.3, 0.4) is 0 Å². The van der Waals surface area contributed by atoms with Gasteiger partial charge in [-0.15, -0.1) is 0 Å². The number of ether oxygens (including phenoxy) is 2. The summed E-state index contributed by atoms with van der Waals surface area (Å²) in [5.41, 5.74) is 0. The van der Waals surface area contributed by atoms with Crippen molar-refractivity contribution in [3.63, 3.8) is 0 Å². The predicted molar refractivity (Wildman–Crippen MR) is 76.6 cm³/mol. The van der Waals surface area contributed by atoms with Crippen LogP contribution in [0.1, 0.15) is 27.7 Å². The van der Waals surface area contributed by atoms with E-state index >= 15 is 0 Å². The van der Waals surface area contributed by atoms with Crippen LogP contribution in [0.5, 0.6) is 0 Å². The highest BCUT2D eigenvalue weighted by molar-refractivity contribution is 6.74. The minimum atomic E-state index is -1.79. The van der Waals surface area contributed by atoms with Gasteiger partial charge in [-0.25, -0.2) is 4.79 Å². The summed E-state index contributed by atoms with van der Waals surface area (Å²) in [7, 11) is -0.555. The molecule has 0 radical (unpaired) electrons. The summed E-state index contributed by atoms with van der Waals surface area (Å²) >= 11 is 0. The Labute approximate surface area is 117 Å². The van der Waals surface area contributed by atoms with Crippen molar-refractivity contribution in [1.29, 1.82) is 0 Å². The first-order valence-corrected chi connectivity index (χ1v) is 9.43. The molecule has 0 aliphatic rings. The highest BCUT2D eigenvalue weighted by Crippen LogP contribution is 2.36. The number of rotatable bonds is 7. The molecule has 0 saturated heterocycles. The van der Waals surface area contributed by atoms with Gasteiger partial charge in [0.1, 0.15) is 0 Å². The van der Waals surface area contributed by atoms with E-state index in [9.17, 15) is 9.90 Å². The van der Waals surface area contributed by atoms with Crippen LogP contribution >= 0.6 is 0 Å². The number of hydrogen-bond acceptors (Lipinski definition) is 5. The first kappa shape index (κ1) is 18.6. The molecule has 5 nitrogen and oxygen atoms in total. The number of carbonyl (C=O) groups is 1. The molecule has 0 amide bonds. The maximum atomic E-state index is 11.0. The Morgan fingerprint density at radius 3 is 2.21 bits per heavy atom. The minimum absolute atomic E-state index is 0.0747. The molecule has 0 spiro atoms. The number of carbonyl (C=O) groups excluding carboxylic acids is 1. The predicted octanol–water partition coefficient (Wildman–Crippen LogP) is 1.95. The highest BCUT2D eigenvalue weighted by Gasteiger charge is 2.37. The molecule has 0 aromatic rings. The summed E-state index contributed by atoms with van der Waals surface area (Å²) in [5.74, 6) is -0.683. The third kappa shape index (κ3) is 6.51. The lowest BCUT2D eigenvalue weighted by Crippen LogP contribution is -2.43. The van der Waals surface area contributed by atoms with E-state index in [1.54, 1.807) is 0 Å². The Balaban J connectivity index is 4.07. The van der Waals surface area contributed by atoms with Crippen LogP contribution in [0, 0.1) is 0 Å². The van der Waals surface area contributed by atoms with Gasteiger partial charge in [0.2, 0.25) is 0 Å². The summed E-state index contributed by atoms with van der Waals surface area (Å²) in [6.45, 7) is 13.1. The molecule has 19 heavy (non-hydrogen) atoms. The van der Waals surface area contributed by atoms with Crippen molar-refractivity contribution in [2.45, 2.75) is 58.0 Å². The second-order valence-electron chi connectivity index (χ2n) is 6.25. The van der Waals surface area contributed by atoms with Gasteiger partial charge in [0.05, 0.1) is 26.4 Å². The van der Waals surface area contributed by atoms with Crippen LogP contribution in [0.2, 0.25) is 18.1 Å². The van der Waals surface area contributed by atoms with Gasteiger partial charge in [-0.05, 0) is 25.1 Å². The van der Waals surface area contributed by atoms with Crippen LogP contribution in [-0.2, 0) is 18.7 Å². The lowest BCUT2D eigenvalue weighted by Gasteiger charge is -2.36. The molecule has 0 bridgehead atoms. The summed E-state index contributed by atoms with van der Waals surface area (Å²) in [6, 6.07) is 0. The Kier molecular flexibility index (Phi) is 7.21. The first-order chi connectivity index (χ1) is 8.51. The van der Waals surface area contributed by atoms with E-state index < -0.39 is 20.4 Å². The van der Waals surface area contributed by atoms with E-state index in [1.807, 2.05) is 6.92 Å². The number of esters is 1. The molecule has 0 aliphatic carbocycles. The number of aliphatic hydroxyl groups excluding tert-OH is 1. The van der Waals surface area contributed by atoms with E-state index in [-0.39, 0.29) is 17.7 Å². The third-order valence-electron chi connectivity index (χ3n) is 3.50. The van der Waals surface area contributed by atoms with Crippen LogP contribution in [0.25, 0.3) is 0 Å². The zero-order valence-corrected chi connectivity index (χ0v) is 14.1. The van der Waals surface area contributed by atoms with Crippen molar-refractivity contribution < 1.29 is 23.8 Å². The maximum Gasteiger partial charge on any atom is 0.337 e. The topological polar surface area (TPSA) is 65.0 Å². The maximum absolute atomic E-state index is 11.0.